The number of carbonyl (C=O) groups is 3. The zero-order valence-electron chi connectivity index (χ0n) is 9.63. The van der Waals surface area contributed by atoms with Gasteiger partial charge in [-0.15, -0.1) is 16.4 Å². The molecule has 0 N–H and O–H groups in total. The SMILES string of the molecule is O=C(ON1C(=O)CCC1=O)c1cc2cc#ccc2s1. The third-order valence-corrected chi connectivity index (χ3v) is 3.76. The Labute approximate surface area is 112 Å². The molecule has 1 aliphatic rings. The number of fused-ring (bicyclic) bond motifs is 1. The smallest absolute Gasteiger partial charge is 0.324 e. The number of amides is 2. The van der Waals surface area contributed by atoms with Crippen LogP contribution in [0.25, 0.3) is 10.1 Å². The monoisotopic (exact) mass is 273 g/mol. The van der Waals surface area contributed by atoms with Crippen molar-refractivity contribution in [1.29, 1.82) is 0 Å². The fourth-order valence-corrected chi connectivity index (χ4v) is 2.65. The van der Waals surface area contributed by atoms with E-state index in [1.807, 2.05) is 0 Å². The normalized spacial score (nSPS) is 14.8. The lowest BCUT2D eigenvalue weighted by atomic mass is 10.3. The van der Waals surface area contributed by atoms with Gasteiger partial charge < -0.3 is 4.84 Å². The summed E-state index contributed by atoms with van der Waals surface area (Å²) in [6, 6.07) is 10.6. The fraction of sp³-hybridized carbons (Fsp3) is 0.154. The molecule has 1 aliphatic heterocycles. The van der Waals surface area contributed by atoms with Gasteiger partial charge in [0.05, 0.1) is 0 Å². The topological polar surface area (TPSA) is 63.7 Å². The van der Waals surface area contributed by atoms with Crippen molar-refractivity contribution < 1.29 is 19.2 Å². The lowest BCUT2D eigenvalue weighted by molar-refractivity contribution is -0.172. The first-order chi connectivity index (χ1) is 9.15. The molecule has 0 saturated carbocycles. The Morgan fingerprint density at radius 1 is 1.21 bits per heavy atom. The summed E-state index contributed by atoms with van der Waals surface area (Å²) in [6.45, 7) is 0. The molecule has 0 spiro atoms. The first-order valence-corrected chi connectivity index (χ1v) is 6.36. The number of rotatable bonds is 2. The molecule has 2 amide bonds. The first kappa shape index (κ1) is 11.7. The van der Waals surface area contributed by atoms with Crippen LogP contribution in [0.3, 0.4) is 0 Å². The van der Waals surface area contributed by atoms with E-state index in [0.717, 1.165) is 10.1 Å². The highest BCUT2D eigenvalue weighted by Crippen LogP contribution is 2.25. The lowest BCUT2D eigenvalue weighted by Gasteiger charge is -2.11. The molecule has 2 heterocycles. The van der Waals surface area contributed by atoms with E-state index in [1.165, 1.54) is 11.3 Å². The molecule has 3 rings (SSSR count). The van der Waals surface area contributed by atoms with Crippen molar-refractivity contribution in [2.45, 2.75) is 12.8 Å². The second kappa shape index (κ2) is 4.37. The molecule has 1 fully saturated rings. The van der Waals surface area contributed by atoms with Crippen LogP contribution in [0.5, 0.6) is 0 Å². The van der Waals surface area contributed by atoms with Gasteiger partial charge >= 0.3 is 5.97 Å². The van der Waals surface area contributed by atoms with Gasteiger partial charge in [0, 0.05) is 29.0 Å². The van der Waals surface area contributed by atoms with Gasteiger partial charge in [0.1, 0.15) is 4.88 Å². The summed E-state index contributed by atoms with van der Waals surface area (Å²) in [5, 5.41) is 1.39. The van der Waals surface area contributed by atoms with Gasteiger partial charge in [-0.3, -0.25) is 9.59 Å². The molecule has 1 aromatic heterocycles. The number of carbonyl (C=O) groups excluding carboxylic acids is 3. The molecule has 0 atom stereocenters. The molecule has 1 aromatic carbocycles. The predicted molar refractivity (Wildman–Crippen MR) is 66.0 cm³/mol. The van der Waals surface area contributed by atoms with E-state index < -0.39 is 17.8 Å². The highest BCUT2D eigenvalue weighted by Gasteiger charge is 2.33. The van der Waals surface area contributed by atoms with Crippen LogP contribution in [0.1, 0.15) is 22.5 Å². The van der Waals surface area contributed by atoms with Crippen molar-refractivity contribution in [3.8, 4) is 0 Å². The molecular weight excluding hydrogens is 266 g/mol. The summed E-state index contributed by atoms with van der Waals surface area (Å²) in [7, 11) is 0. The number of hydrogen-bond acceptors (Lipinski definition) is 5. The Kier molecular flexibility index (Phi) is 2.69. The number of nitrogens with zero attached hydrogens (tertiary/aromatic N) is 1. The minimum absolute atomic E-state index is 0.0858. The molecule has 1 saturated heterocycles. The Morgan fingerprint density at radius 2 is 1.89 bits per heavy atom. The zero-order chi connectivity index (χ0) is 13.4. The van der Waals surface area contributed by atoms with Crippen LogP contribution >= 0.6 is 11.3 Å². The maximum Gasteiger partial charge on any atom is 0.373 e. The Hall–Kier alpha value is -2.39. The van der Waals surface area contributed by atoms with Crippen molar-refractivity contribution in [2.75, 3.05) is 0 Å². The third kappa shape index (κ3) is 2.04. The number of thiophene rings is 1. The van der Waals surface area contributed by atoms with Gasteiger partial charge in [0.25, 0.3) is 11.8 Å². The predicted octanol–water partition coefficient (Wildman–Crippen LogP) is 1.72. The Bertz CT molecular complexity index is 642. The molecule has 94 valence electrons. The summed E-state index contributed by atoms with van der Waals surface area (Å²) in [6.07, 6.45) is 0.172. The average molecular weight is 273 g/mol. The highest BCUT2D eigenvalue weighted by molar-refractivity contribution is 7.20. The summed E-state index contributed by atoms with van der Waals surface area (Å²) in [5.74, 6) is -1.67. The van der Waals surface area contributed by atoms with Gasteiger partial charge in [-0.25, -0.2) is 4.79 Å². The van der Waals surface area contributed by atoms with Crippen LogP contribution in [-0.2, 0) is 14.4 Å². The van der Waals surface area contributed by atoms with Crippen LogP contribution < -0.4 is 0 Å². The molecule has 0 bridgehead atoms. The van der Waals surface area contributed by atoms with E-state index in [4.69, 9.17) is 4.84 Å². The number of imide groups is 1. The summed E-state index contributed by atoms with van der Waals surface area (Å²) >= 11 is 1.22. The molecule has 2 aromatic rings. The van der Waals surface area contributed by atoms with Gasteiger partial charge in [0.15, 0.2) is 0 Å². The van der Waals surface area contributed by atoms with Gasteiger partial charge in [-0.05, 0) is 12.1 Å². The standard InChI is InChI=1S/C13H7NO4S/c15-11-5-6-12(16)14(11)18-13(17)10-7-8-3-1-2-4-9(8)19-10/h3-4,7H,5-6H2. The molecule has 19 heavy (non-hydrogen) atoms. The molecule has 6 heteroatoms. The minimum atomic E-state index is -0.704. The lowest BCUT2D eigenvalue weighted by Crippen LogP contribution is -2.31. The van der Waals surface area contributed by atoms with E-state index in [9.17, 15) is 14.4 Å². The van der Waals surface area contributed by atoms with Crippen molar-refractivity contribution in [3.63, 3.8) is 0 Å². The van der Waals surface area contributed by atoms with E-state index in [1.54, 1.807) is 18.2 Å². The average Bonchev–Trinajstić information content (AvgIpc) is 2.97. The van der Waals surface area contributed by atoms with E-state index in [-0.39, 0.29) is 12.8 Å². The van der Waals surface area contributed by atoms with Crippen molar-refractivity contribution in [3.05, 3.63) is 35.2 Å². The van der Waals surface area contributed by atoms with E-state index in [0.29, 0.717) is 9.94 Å². The molecule has 0 radical (unpaired) electrons. The highest BCUT2D eigenvalue weighted by atomic mass is 32.1. The maximum atomic E-state index is 11.9. The van der Waals surface area contributed by atoms with Crippen LogP contribution in [-0.4, -0.2) is 22.8 Å². The van der Waals surface area contributed by atoms with Crippen molar-refractivity contribution in [2.24, 2.45) is 0 Å². The largest absolute Gasteiger partial charge is 0.373 e. The molecule has 0 aliphatic carbocycles. The van der Waals surface area contributed by atoms with Crippen LogP contribution in [0.15, 0.2) is 18.2 Å². The Morgan fingerprint density at radius 3 is 2.58 bits per heavy atom. The number of hydrogen-bond donors (Lipinski definition) is 0. The quantitative estimate of drug-likeness (QED) is 0.782. The minimum Gasteiger partial charge on any atom is -0.324 e. The van der Waals surface area contributed by atoms with Crippen LogP contribution in [0.2, 0.25) is 0 Å². The van der Waals surface area contributed by atoms with Crippen LogP contribution in [0, 0.1) is 12.1 Å². The molecule has 5 nitrogen and oxygen atoms in total. The Balaban J connectivity index is 1.84. The second-order valence-corrected chi connectivity index (χ2v) is 5.05. The van der Waals surface area contributed by atoms with Crippen LogP contribution in [0.4, 0.5) is 0 Å². The van der Waals surface area contributed by atoms with Gasteiger partial charge in [0.2, 0.25) is 0 Å². The number of hydroxylamine groups is 2. The zero-order valence-corrected chi connectivity index (χ0v) is 10.5. The summed E-state index contributed by atoms with van der Waals surface area (Å²) < 4.78 is 0.866. The van der Waals surface area contributed by atoms with Crippen molar-refractivity contribution in [1.82, 2.24) is 5.06 Å². The van der Waals surface area contributed by atoms with Gasteiger partial charge in [-0.2, -0.15) is 0 Å². The fourth-order valence-electron chi connectivity index (χ4n) is 1.76. The van der Waals surface area contributed by atoms with E-state index >= 15 is 0 Å². The van der Waals surface area contributed by atoms with E-state index in [2.05, 4.69) is 12.1 Å². The second-order valence-electron chi connectivity index (χ2n) is 3.97. The summed E-state index contributed by atoms with van der Waals surface area (Å²) in [5.41, 5.74) is 0. The van der Waals surface area contributed by atoms with Crippen molar-refractivity contribution >= 4 is 39.2 Å². The molecular formula is C13H7NO4S. The van der Waals surface area contributed by atoms with Gasteiger partial charge in [-0.1, -0.05) is 12.1 Å². The molecule has 0 unspecified atom stereocenters. The first-order valence-electron chi connectivity index (χ1n) is 5.54. The summed E-state index contributed by atoms with van der Waals surface area (Å²) in [4.78, 5) is 39.7. The third-order valence-electron chi connectivity index (χ3n) is 2.69. The maximum absolute atomic E-state index is 11.9.